The molecule has 0 fully saturated rings. The Morgan fingerprint density at radius 3 is 2.71 bits per heavy atom. The number of hydrogen-bond acceptors (Lipinski definition) is 1. The van der Waals surface area contributed by atoms with Gasteiger partial charge in [-0.3, -0.25) is 4.79 Å². The van der Waals surface area contributed by atoms with Gasteiger partial charge >= 0.3 is 0 Å². The van der Waals surface area contributed by atoms with Crippen LogP contribution in [0.5, 0.6) is 0 Å². The van der Waals surface area contributed by atoms with Crippen molar-refractivity contribution in [3.63, 3.8) is 0 Å². The minimum Gasteiger partial charge on any atom is -0.339 e. The second-order valence-corrected chi connectivity index (χ2v) is 4.32. The lowest BCUT2D eigenvalue weighted by atomic mass is 10.1. The fraction of sp³-hybridized carbons (Fsp3) is 0.417. The summed E-state index contributed by atoms with van der Waals surface area (Å²) in [6, 6.07) is 3.64. The molecule has 0 atom stereocenters. The number of nitrogens with zero attached hydrogens (tertiary/aromatic N) is 1. The maximum atomic E-state index is 13.4. The Labute approximate surface area is 108 Å². The molecule has 1 aromatic rings. The Bertz CT molecular complexity index is 398. The number of carbonyl (C=O) groups excluding carboxylic acids is 1. The van der Waals surface area contributed by atoms with Crippen LogP contribution in [0.1, 0.15) is 23.7 Å². The van der Waals surface area contributed by atoms with Crippen molar-refractivity contribution in [3.05, 3.63) is 35.4 Å². The lowest BCUT2D eigenvalue weighted by molar-refractivity contribution is 0.0759. The van der Waals surface area contributed by atoms with E-state index in [1.54, 1.807) is 0 Å². The van der Waals surface area contributed by atoms with Gasteiger partial charge in [-0.25, -0.2) is 8.78 Å². The van der Waals surface area contributed by atoms with Crippen LogP contribution >= 0.6 is 15.9 Å². The number of hydrogen-bond donors (Lipinski definition) is 0. The molecule has 94 valence electrons. The topological polar surface area (TPSA) is 20.3 Å². The molecule has 0 aliphatic rings. The maximum absolute atomic E-state index is 13.4. The molecular formula is C12H14BrF2NO. The van der Waals surface area contributed by atoms with Gasteiger partial charge in [-0.2, -0.15) is 0 Å². The molecule has 0 unspecified atom stereocenters. The average molecular weight is 306 g/mol. The number of amides is 1. The molecular weight excluding hydrogens is 292 g/mol. The first-order chi connectivity index (χ1) is 8.11. The highest BCUT2D eigenvalue weighted by Gasteiger charge is 2.19. The minimum absolute atomic E-state index is 0.207. The van der Waals surface area contributed by atoms with Crippen molar-refractivity contribution in [1.29, 1.82) is 0 Å². The van der Waals surface area contributed by atoms with Crippen molar-refractivity contribution in [1.82, 2.24) is 4.90 Å². The molecule has 1 amide bonds. The molecule has 1 rings (SSSR count). The molecule has 0 bridgehead atoms. The summed E-state index contributed by atoms with van der Waals surface area (Å²) in [6.45, 7) is 2.81. The van der Waals surface area contributed by atoms with E-state index in [0.717, 1.165) is 17.8 Å². The van der Waals surface area contributed by atoms with E-state index in [1.165, 1.54) is 17.0 Å². The van der Waals surface area contributed by atoms with Gasteiger partial charge in [-0.1, -0.05) is 22.0 Å². The number of halogens is 3. The normalized spacial score (nSPS) is 10.4. The van der Waals surface area contributed by atoms with Gasteiger partial charge < -0.3 is 4.90 Å². The van der Waals surface area contributed by atoms with Crippen molar-refractivity contribution in [2.24, 2.45) is 0 Å². The van der Waals surface area contributed by atoms with Crippen LogP contribution in [-0.2, 0) is 0 Å². The Balaban J connectivity index is 2.90. The molecule has 17 heavy (non-hydrogen) atoms. The van der Waals surface area contributed by atoms with E-state index < -0.39 is 17.5 Å². The van der Waals surface area contributed by atoms with E-state index in [0.29, 0.717) is 13.1 Å². The first-order valence-electron chi connectivity index (χ1n) is 5.41. The molecule has 0 saturated heterocycles. The molecule has 2 nitrogen and oxygen atoms in total. The van der Waals surface area contributed by atoms with Crippen LogP contribution in [0.2, 0.25) is 0 Å². The Morgan fingerprint density at radius 1 is 1.41 bits per heavy atom. The largest absolute Gasteiger partial charge is 0.339 e. The first-order valence-corrected chi connectivity index (χ1v) is 6.53. The molecule has 0 aliphatic carbocycles. The minimum atomic E-state index is -1.07. The molecule has 0 saturated carbocycles. The summed E-state index contributed by atoms with van der Waals surface area (Å²) >= 11 is 3.27. The van der Waals surface area contributed by atoms with Crippen molar-refractivity contribution in [2.45, 2.75) is 13.3 Å². The molecule has 0 aromatic heterocycles. The SMILES string of the molecule is CCN(CCCBr)C(=O)c1cccc(F)c1F. The number of rotatable bonds is 5. The van der Waals surface area contributed by atoms with Crippen LogP contribution in [0, 0.1) is 11.6 Å². The first kappa shape index (κ1) is 14.1. The predicted octanol–water partition coefficient (Wildman–Crippen LogP) is 3.21. The summed E-state index contributed by atoms with van der Waals surface area (Å²) in [6.07, 6.45) is 0.774. The molecule has 0 radical (unpaired) electrons. The quantitative estimate of drug-likeness (QED) is 0.765. The zero-order chi connectivity index (χ0) is 12.8. The van der Waals surface area contributed by atoms with E-state index in [4.69, 9.17) is 0 Å². The third kappa shape index (κ3) is 3.49. The van der Waals surface area contributed by atoms with Gasteiger partial charge in [-0.15, -0.1) is 0 Å². The lowest BCUT2D eigenvalue weighted by Gasteiger charge is -2.20. The van der Waals surface area contributed by atoms with Gasteiger partial charge in [0.05, 0.1) is 5.56 Å². The van der Waals surface area contributed by atoms with Crippen molar-refractivity contribution < 1.29 is 13.6 Å². The molecule has 0 N–H and O–H groups in total. The number of benzene rings is 1. The lowest BCUT2D eigenvalue weighted by Crippen LogP contribution is -2.32. The van der Waals surface area contributed by atoms with Crippen LogP contribution in [-0.4, -0.2) is 29.2 Å². The van der Waals surface area contributed by atoms with Crippen molar-refractivity contribution >= 4 is 21.8 Å². The van der Waals surface area contributed by atoms with E-state index in [-0.39, 0.29) is 5.56 Å². The Kier molecular flexibility index (Phi) is 5.55. The van der Waals surface area contributed by atoms with Gasteiger partial charge in [0.2, 0.25) is 0 Å². The van der Waals surface area contributed by atoms with Crippen LogP contribution in [0.25, 0.3) is 0 Å². The molecule has 0 spiro atoms. The highest BCUT2D eigenvalue weighted by molar-refractivity contribution is 9.09. The van der Waals surface area contributed by atoms with Gasteiger partial charge in [0, 0.05) is 18.4 Å². The number of carbonyl (C=O) groups is 1. The molecule has 1 aromatic carbocycles. The Hall–Kier alpha value is -0.970. The summed E-state index contributed by atoms with van der Waals surface area (Å²) in [4.78, 5) is 13.5. The summed E-state index contributed by atoms with van der Waals surface area (Å²) in [5.74, 6) is -2.53. The van der Waals surface area contributed by atoms with Gasteiger partial charge in [-0.05, 0) is 25.5 Å². The molecule has 0 heterocycles. The maximum Gasteiger partial charge on any atom is 0.256 e. The highest BCUT2D eigenvalue weighted by Crippen LogP contribution is 2.14. The zero-order valence-corrected chi connectivity index (χ0v) is 11.1. The smallest absolute Gasteiger partial charge is 0.256 e. The van der Waals surface area contributed by atoms with Gasteiger partial charge in [0.25, 0.3) is 5.91 Å². The third-order valence-electron chi connectivity index (χ3n) is 2.41. The van der Waals surface area contributed by atoms with E-state index in [2.05, 4.69) is 15.9 Å². The summed E-state index contributed by atoms with van der Waals surface area (Å²) in [7, 11) is 0. The van der Waals surface area contributed by atoms with Crippen molar-refractivity contribution in [3.8, 4) is 0 Å². The summed E-state index contributed by atoms with van der Waals surface area (Å²) in [5, 5.41) is 0.766. The second kappa shape index (κ2) is 6.69. The zero-order valence-electron chi connectivity index (χ0n) is 9.55. The van der Waals surface area contributed by atoms with Crippen LogP contribution in [0.4, 0.5) is 8.78 Å². The van der Waals surface area contributed by atoms with Crippen LogP contribution in [0.3, 0.4) is 0 Å². The van der Waals surface area contributed by atoms with Gasteiger partial charge in [0.1, 0.15) is 0 Å². The summed E-state index contributed by atoms with van der Waals surface area (Å²) in [5.41, 5.74) is -0.207. The van der Waals surface area contributed by atoms with E-state index in [9.17, 15) is 13.6 Å². The van der Waals surface area contributed by atoms with E-state index in [1.807, 2.05) is 6.92 Å². The third-order valence-corrected chi connectivity index (χ3v) is 2.97. The fourth-order valence-corrected chi connectivity index (χ4v) is 1.74. The second-order valence-electron chi connectivity index (χ2n) is 3.53. The standard InChI is InChI=1S/C12H14BrF2NO/c1-2-16(8-4-7-13)12(17)9-5-3-6-10(14)11(9)15/h3,5-6H,2,4,7-8H2,1H3. The molecule has 0 aliphatic heterocycles. The van der Waals surface area contributed by atoms with Gasteiger partial charge in [0.15, 0.2) is 11.6 Å². The molecule has 5 heteroatoms. The monoisotopic (exact) mass is 305 g/mol. The van der Waals surface area contributed by atoms with E-state index >= 15 is 0 Å². The summed E-state index contributed by atoms with van der Waals surface area (Å²) < 4.78 is 26.4. The number of alkyl halides is 1. The van der Waals surface area contributed by atoms with Crippen LogP contribution < -0.4 is 0 Å². The fourth-order valence-electron chi connectivity index (χ4n) is 1.49. The average Bonchev–Trinajstić information content (AvgIpc) is 2.33. The highest BCUT2D eigenvalue weighted by atomic mass is 79.9. The van der Waals surface area contributed by atoms with Crippen LogP contribution in [0.15, 0.2) is 18.2 Å². The predicted molar refractivity (Wildman–Crippen MR) is 66.3 cm³/mol. The Morgan fingerprint density at radius 2 is 2.12 bits per heavy atom. The van der Waals surface area contributed by atoms with Crippen molar-refractivity contribution in [2.75, 3.05) is 18.4 Å².